The van der Waals surface area contributed by atoms with Gasteiger partial charge in [0.2, 0.25) is 23.6 Å². The molecule has 202 valence electrons. The smallest absolute Gasteiger partial charge is 0.246 e. The van der Waals surface area contributed by atoms with E-state index in [2.05, 4.69) is 16.0 Å². The zero-order valence-electron chi connectivity index (χ0n) is 21.5. The first-order chi connectivity index (χ1) is 17.6. The third-order valence-corrected chi connectivity index (χ3v) is 7.46. The summed E-state index contributed by atoms with van der Waals surface area (Å²) in [5.74, 6) is -1.36. The molecule has 37 heavy (non-hydrogen) atoms. The normalized spacial score (nSPS) is 26.8. The Kier molecular flexibility index (Phi) is 9.53. The predicted molar refractivity (Wildman–Crippen MR) is 137 cm³/mol. The fraction of sp³-hybridized carbons (Fsp3) is 0.577. The molecule has 2 fully saturated rings. The minimum absolute atomic E-state index is 0.144. The quantitative estimate of drug-likeness (QED) is 0.342. The maximum atomic E-state index is 13.8. The van der Waals surface area contributed by atoms with Gasteiger partial charge in [-0.05, 0) is 56.7 Å². The molecule has 0 aliphatic carbocycles. The maximum absolute atomic E-state index is 13.8. The number of methoxy groups -OCH3 is 1. The summed E-state index contributed by atoms with van der Waals surface area (Å²) >= 11 is 6.15. The summed E-state index contributed by atoms with van der Waals surface area (Å²) in [6, 6.07) is 2.45. The summed E-state index contributed by atoms with van der Waals surface area (Å²) in [6.45, 7) is 3.70. The summed E-state index contributed by atoms with van der Waals surface area (Å²) in [4.78, 5) is 66.0. The molecule has 3 N–H and O–H groups in total. The molecule has 0 unspecified atom stereocenters. The molecular weight excluding hydrogens is 500 g/mol. The first kappa shape index (κ1) is 28.4. The van der Waals surface area contributed by atoms with E-state index in [0.717, 1.165) is 6.29 Å². The number of hydrogen-bond acceptors (Lipinski definition) is 6. The molecule has 4 amide bonds. The molecule has 2 aliphatic rings. The topological polar surface area (TPSA) is 134 Å². The van der Waals surface area contributed by atoms with Gasteiger partial charge in [0.05, 0.1) is 12.1 Å². The van der Waals surface area contributed by atoms with Gasteiger partial charge in [0.15, 0.2) is 0 Å². The number of aldehydes is 1. The lowest BCUT2D eigenvalue weighted by Crippen LogP contribution is -2.65. The zero-order chi connectivity index (χ0) is 27.2. The number of carbonyl (C=O) groups is 5. The number of amides is 4. The summed E-state index contributed by atoms with van der Waals surface area (Å²) in [5, 5.41) is 8.81. The first-order valence-corrected chi connectivity index (χ1v) is 13.0. The number of rotatable bonds is 8. The highest BCUT2D eigenvalue weighted by Gasteiger charge is 2.43. The molecular formula is C26H35ClN4O6. The average molecular weight is 535 g/mol. The minimum Gasteiger partial charge on any atom is -0.495 e. The van der Waals surface area contributed by atoms with E-state index >= 15 is 0 Å². The highest BCUT2D eigenvalue weighted by molar-refractivity contribution is 6.32. The summed E-state index contributed by atoms with van der Waals surface area (Å²) in [5.41, 5.74) is -0.616. The molecule has 2 saturated heterocycles. The van der Waals surface area contributed by atoms with E-state index in [4.69, 9.17) is 16.3 Å². The lowest BCUT2D eigenvalue weighted by atomic mass is 9.94. The Morgan fingerprint density at radius 3 is 2.59 bits per heavy atom. The average Bonchev–Trinajstić information content (AvgIpc) is 3.37. The number of nitrogens with zero attached hydrogens (tertiary/aromatic N) is 1. The number of hydrogen-bond donors (Lipinski definition) is 3. The van der Waals surface area contributed by atoms with Crippen LogP contribution in [0, 0.1) is 0 Å². The Morgan fingerprint density at radius 1 is 1.16 bits per heavy atom. The Morgan fingerprint density at radius 2 is 1.92 bits per heavy atom. The summed E-state index contributed by atoms with van der Waals surface area (Å²) in [6.07, 6.45) is 3.10. The largest absolute Gasteiger partial charge is 0.495 e. The number of benzene rings is 1. The summed E-state index contributed by atoms with van der Waals surface area (Å²) < 4.78 is 5.29. The van der Waals surface area contributed by atoms with E-state index in [1.165, 1.54) is 12.0 Å². The Bertz CT molecular complexity index is 1050. The van der Waals surface area contributed by atoms with Gasteiger partial charge in [-0.1, -0.05) is 24.6 Å². The van der Waals surface area contributed by atoms with E-state index < -0.39 is 41.4 Å². The summed E-state index contributed by atoms with van der Waals surface area (Å²) in [7, 11) is 1.49. The standard InChI is InChI=1S/C26H35ClN4O6/c1-4-26(2)25(36)29-19(14-16-10-11-17(27)21(15-16)37-3)24(35)31-12-7-9-20(31)23(34)28-18(22(33)30-26)8-5-6-13-32/h10-11,13,15,18-20H,4-9,12,14H2,1-3H3,(H,28,34)(H,29,36)(H,30,33)/t18-,19-,20+,26-/m0/s1. The van der Waals surface area contributed by atoms with Gasteiger partial charge in [-0.25, -0.2) is 0 Å². The maximum Gasteiger partial charge on any atom is 0.246 e. The second-order valence-corrected chi connectivity index (χ2v) is 10.1. The molecule has 0 saturated carbocycles. The molecule has 11 heteroatoms. The van der Waals surface area contributed by atoms with E-state index in [1.54, 1.807) is 32.0 Å². The van der Waals surface area contributed by atoms with Crippen LogP contribution in [0.2, 0.25) is 5.02 Å². The number of unbranched alkanes of at least 4 members (excludes halogenated alkanes) is 1. The second kappa shape index (κ2) is 12.4. The highest BCUT2D eigenvalue weighted by atomic mass is 35.5. The molecule has 1 aromatic carbocycles. The van der Waals surface area contributed by atoms with Crippen LogP contribution in [0.25, 0.3) is 0 Å². The Balaban J connectivity index is 1.97. The fourth-order valence-electron chi connectivity index (χ4n) is 4.69. The minimum atomic E-state index is -1.33. The second-order valence-electron chi connectivity index (χ2n) is 9.72. The molecule has 2 heterocycles. The van der Waals surface area contributed by atoms with Crippen molar-refractivity contribution in [1.29, 1.82) is 0 Å². The predicted octanol–water partition coefficient (Wildman–Crippen LogP) is 1.52. The number of nitrogens with one attached hydrogen (secondary N) is 3. The third-order valence-electron chi connectivity index (χ3n) is 7.15. The van der Waals surface area contributed by atoms with Gasteiger partial charge >= 0.3 is 0 Å². The van der Waals surface area contributed by atoms with Crippen molar-refractivity contribution in [2.45, 2.75) is 82.5 Å². The van der Waals surface area contributed by atoms with Gasteiger partial charge in [-0.3, -0.25) is 19.2 Å². The van der Waals surface area contributed by atoms with Gasteiger partial charge in [-0.2, -0.15) is 0 Å². The molecule has 1 aromatic rings. The van der Waals surface area contributed by atoms with Crippen LogP contribution >= 0.6 is 11.6 Å². The van der Waals surface area contributed by atoms with Crippen LogP contribution in [-0.2, 0) is 30.4 Å². The van der Waals surface area contributed by atoms with Gasteiger partial charge < -0.3 is 30.4 Å². The molecule has 0 aromatic heterocycles. The molecule has 0 radical (unpaired) electrons. The SMILES string of the molecule is CC[C@]1(C)NC(=O)[C@H](CCCC=O)NC(=O)[C@H]2CCCN2C(=O)[C@H](Cc2ccc(Cl)c(OC)c2)NC1=O. The molecule has 4 atom stereocenters. The van der Waals surface area contributed by atoms with Crippen molar-refractivity contribution in [2.75, 3.05) is 13.7 Å². The molecule has 10 nitrogen and oxygen atoms in total. The van der Waals surface area contributed by atoms with E-state index in [9.17, 15) is 24.0 Å². The lowest BCUT2D eigenvalue weighted by molar-refractivity contribution is -0.144. The zero-order valence-corrected chi connectivity index (χ0v) is 22.2. The lowest BCUT2D eigenvalue weighted by Gasteiger charge is -2.36. The van der Waals surface area contributed by atoms with Crippen molar-refractivity contribution >= 4 is 41.5 Å². The van der Waals surface area contributed by atoms with Gasteiger partial charge in [0, 0.05) is 19.4 Å². The van der Waals surface area contributed by atoms with E-state index in [1.807, 2.05) is 0 Å². The van der Waals surface area contributed by atoms with E-state index in [0.29, 0.717) is 42.1 Å². The van der Waals surface area contributed by atoms with Crippen LogP contribution in [0.1, 0.15) is 57.9 Å². The van der Waals surface area contributed by atoms with Crippen LogP contribution in [-0.4, -0.2) is 72.1 Å². The van der Waals surface area contributed by atoms with Crippen molar-refractivity contribution in [3.63, 3.8) is 0 Å². The molecule has 0 spiro atoms. The molecule has 3 rings (SSSR count). The van der Waals surface area contributed by atoms with Crippen molar-refractivity contribution in [3.05, 3.63) is 28.8 Å². The van der Waals surface area contributed by atoms with Crippen LogP contribution < -0.4 is 20.7 Å². The van der Waals surface area contributed by atoms with Crippen LogP contribution in [0.5, 0.6) is 5.75 Å². The highest BCUT2D eigenvalue weighted by Crippen LogP contribution is 2.27. The van der Waals surface area contributed by atoms with Crippen molar-refractivity contribution in [1.82, 2.24) is 20.9 Å². The third kappa shape index (κ3) is 6.60. The van der Waals surface area contributed by atoms with Gasteiger partial charge in [-0.15, -0.1) is 0 Å². The molecule has 2 aliphatic heterocycles. The van der Waals surface area contributed by atoms with Crippen molar-refractivity contribution in [3.8, 4) is 5.75 Å². The molecule has 0 bridgehead atoms. The van der Waals surface area contributed by atoms with Crippen molar-refractivity contribution < 1.29 is 28.7 Å². The van der Waals surface area contributed by atoms with Gasteiger partial charge in [0.1, 0.15) is 35.7 Å². The van der Waals surface area contributed by atoms with E-state index in [-0.39, 0.29) is 31.6 Å². The monoisotopic (exact) mass is 534 g/mol. The first-order valence-electron chi connectivity index (χ1n) is 12.6. The number of fused-ring (bicyclic) bond motifs is 1. The van der Waals surface area contributed by atoms with Gasteiger partial charge in [0.25, 0.3) is 0 Å². The number of ether oxygens (including phenoxy) is 1. The van der Waals surface area contributed by atoms with Crippen molar-refractivity contribution in [2.24, 2.45) is 0 Å². The van der Waals surface area contributed by atoms with Crippen LogP contribution in [0.4, 0.5) is 0 Å². The fourth-order valence-corrected chi connectivity index (χ4v) is 4.89. The van der Waals surface area contributed by atoms with Crippen LogP contribution in [0.15, 0.2) is 18.2 Å². The Hall–Kier alpha value is -3.14. The Labute approximate surface area is 221 Å². The number of halogens is 1. The van der Waals surface area contributed by atoms with Crippen LogP contribution in [0.3, 0.4) is 0 Å². The number of carbonyl (C=O) groups excluding carboxylic acids is 5.